The molecule has 0 radical (unpaired) electrons. The second-order valence-electron chi connectivity index (χ2n) is 5.35. The molecule has 0 aliphatic rings. The number of amides is 1. The lowest BCUT2D eigenvalue weighted by Crippen LogP contribution is -2.12. The fourth-order valence-corrected chi connectivity index (χ4v) is 3.28. The van der Waals surface area contributed by atoms with E-state index in [1.165, 1.54) is 25.1 Å². The first-order valence-corrected chi connectivity index (χ1v) is 8.22. The Kier molecular flexibility index (Phi) is 5.70. The Bertz CT molecular complexity index is 971. The van der Waals surface area contributed by atoms with E-state index in [-0.39, 0.29) is 27.6 Å². The van der Waals surface area contributed by atoms with Crippen molar-refractivity contribution in [3.63, 3.8) is 0 Å². The molecule has 7 nitrogen and oxygen atoms in total. The van der Waals surface area contributed by atoms with E-state index in [0.717, 1.165) is 23.9 Å². The van der Waals surface area contributed by atoms with Crippen LogP contribution in [-0.2, 0) is 11.9 Å². The number of nitro benzene ring substituents is 1. The van der Waals surface area contributed by atoms with Gasteiger partial charge in [0.2, 0.25) is 5.91 Å². The Balaban J connectivity index is 2.43. The molecule has 1 amide bonds. The molecule has 2 N–H and O–H groups in total. The number of pyridine rings is 1. The van der Waals surface area contributed by atoms with Crippen LogP contribution in [0.15, 0.2) is 29.3 Å². The predicted molar refractivity (Wildman–Crippen MR) is 89.9 cm³/mol. The van der Waals surface area contributed by atoms with E-state index < -0.39 is 33.8 Å². The van der Waals surface area contributed by atoms with E-state index in [2.05, 4.69) is 4.98 Å². The molecule has 1 aromatic heterocycles. The summed E-state index contributed by atoms with van der Waals surface area (Å²) in [5, 5.41) is 20.1. The van der Waals surface area contributed by atoms with Crippen LogP contribution in [0.2, 0.25) is 0 Å². The summed E-state index contributed by atoms with van der Waals surface area (Å²) in [6, 6.07) is 5.83. The Labute approximate surface area is 155 Å². The maximum atomic E-state index is 13.1. The molecule has 27 heavy (non-hydrogen) atoms. The number of rotatable bonds is 5. The largest absolute Gasteiger partial charge is 0.417 e. The highest BCUT2D eigenvalue weighted by molar-refractivity contribution is 7.98. The quantitative estimate of drug-likeness (QED) is 0.468. The number of aromatic nitrogens is 1. The second-order valence-corrected chi connectivity index (χ2v) is 6.32. The maximum absolute atomic E-state index is 13.1. The summed E-state index contributed by atoms with van der Waals surface area (Å²) >= 11 is 0.761. The third-order valence-corrected chi connectivity index (χ3v) is 4.49. The van der Waals surface area contributed by atoms with Crippen LogP contribution in [0.5, 0.6) is 0 Å². The average molecular weight is 396 g/mol. The van der Waals surface area contributed by atoms with Gasteiger partial charge in [0.25, 0.3) is 5.69 Å². The molecule has 2 rings (SSSR count). The van der Waals surface area contributed by atoms with Gasteiger partial charge in [-0.15, -0.1) is 11.8 Å². The highest BCUT2D eigenvalue weighted by Gasteiger charge is 2.35. The van der Waals surface area contributed by atoms with Crippen molar-refractivity contribution in [3.8, 4) is 6.07 Å². The van der Waals surface area contributed by atoms with Gasteiger partial charge in [-0.25, -0.2) is 4.98 Å². The molecule has 0 aliphatic carbocycles. The smallest absolute Gasteiger partial charge is 0.366 e. The molecule has 0 fully saturated rings. The summed E-state index contributed by atoms with van der Waals surface area (Å²) in [4.78, 5) is 25.6. The van der Waals surface area contributed by atoms with E-state index in [1.807, 2.05) is 0 Å². The summed E-state index contributed by atoms with van der Waals surface area (Å²) < 4.78 is 39.4. The highest BCUT2D eigenvalue weighted by Crippen LogP contribution is 2.37. The first-order chi connectivity index (χ1) is 12.5. The summed E-state index contributed by atoms with van der Waals surface area (Å²) in [6.45, 7) is 1.35. The number of carbonyl (C=O) groups excluding carboxylic acids is 1. The van der Waals surface area contributed by atoms with Crippen LogP contribution in [0.25, 0.3) is 0 Å². The molecular formula is C16H11F3N4O3S. The van der Waals surface area contributed by atoms with Crippen molar-refractivity contribution in [2.75, 3.05) is 0 Å². The number of halogens is 3. The predicted octanol–water partition coefficient (Wildman–Crippen LogP) is 3.58. The van der Waals surface area contributed by atoms with Gasteiger partial charge in [0.1, 0.15) is 11.1 Å². The van der Waals surface area contributed by atoms with E-state index in [0.29, 0.717) is 0 Å². The minimum absolute atomic E-state index is 0.0578. The van der Waals surface area contributed by atoms with Crippen LogP contribution >= 0.6 is 11.8 Å². The average Bonchev–Trinajstić information content (AvgIpc) is 2.58. The zero-order valence-electron chi connectivity index (χ0n) is 13.7. The van der Waals surface area contributed by atoms with E-state index >= 15 is 0 Å². The van der Waals surface area contributed by atoms with Crippen LogP contribution in [0.1, 0.15) is 32.7 Å². The summed E-state index contributed by atoms with van der Waals surface area (Å²) in [5.74, 6) is -0.975. The number of benzene rings is 1. The van der Waals surface area contributed by atoms with E-state index in [9.17, 15) is 28.1 Å². The number of hydrogen-bond acceptors (Lipinski definition) is 6. The van der Waals surface area contributed by atoms with Crippen LogP contribution in [0, 0.1) is 28.4 Å². The molecule has 140 valence electrons. The maximum Gasteiger partial charge on any atom is 0.417 e. The highest BCUT2D eigenvalue weighted by atomic mass is 32.2. The SMILES string of the molecule is Cc1cc(C(F)(F)F)c(C#N)c(SCc2ccc(C(N)=O)cc2[N+](=O)[O-])n1. The van der Waals surface area contributed by atoms with Crippen LogP contribution in [-0.4, -0.2) is 15.8 Å². The molecule has 1 aromatic carbocycles. The fourth-order valence-electron chi connectivity index (χ4n) is 2.24. The topological polar surface area (TPSA) is 123 Å². The first kappa shape index (κ1) is 20.2. The molecule has 0 unspecified atom stereocenters. The van der Waals surface area contributed by atoms with Gasteiger partial charge >= 0.3 is 6.18 Å². The standard InChI is InChI=1S/C16H11F3N4O3S/c1-8-4-12(16(17,18)19)11(6-20)15(22-8)27-7-10-3-2-9(14(21)24)5-13(10)23(25)26/h2-5H,7H2,1H3,(H2,21,24). The minimum atomic E-state index is -4.73. The van der Waals surface area contributed by atoms with Crippen LogP contribution in [0.3, 0.4) is 0 Å². The number of hydrogen-bond donors (Lipinski definition) is 1. The van der Waals surface area contributed by atoms with Crippen molar-refractivity contribution in [1.29, 1.82) is 5.26 Å². The molecule has 2 aromatic rings. The monoisotopic (exact) mass is 396 g/mol. The van der Waals surface area contributed by atoms with Crippen molar-refractivity contribution in [2.45, 2.75) is 23.9 Å². The first-order valence-electron chi connectivity index (χ1n) is 7.23. The number of nitrogens with two attached hydrogens (primary N) is 1. The molecule has 0 bridgehead atoms. The molecule has 0 atom stereocenters. The molecule has 0 saturated heterocycles. The van der Waals surface area contributed by atoms with Crippen molar-refractivity contribution >= 4 is 23.4 Å². The van der Waals surface area contributed by atoms with E-state index in [1.54, 1.807) is 0 Å². The van der Waals surface area contributed by atoms with Gasteiger partial charge in [0, 0.05) is 28.6 Å². The molecule has 0 aliphatic heterocycles. The molecule has 11 heteroatoms. The number of nitriles is 1. The van der Waals surface area contributed by atoms with Gasteiger partial charge in [-0.2, -0.15) is 18.4 Å². The normalized spacial score (nSPS) is 11.1. The van der Waals surface area contributed by atoms with Crippen LogP contribution < -0.4 is 5.73 Å². The van der Waals surface area contributed by atoms with Gasteiger partial charge in [-0.3, -0.25) is 14.9 Å². The van der Waals surface area contributed by atoms with Gasteiger partial charge in [-0.05, 0) is 19.1 Å². The molecule has 0 spiro atoms. The number of aryl methyl sites for hydroxylation is 1. The van der Waals surface area contributed by atoms with Gasteiger partial charge < -0.3 is 5.73 Å². The number of primary amides is 1. The summed E-state index contributed by atoms with van der Waals surface area (Å²) in [5.41, 5.74) is 3.07. The zero-order chi connectivity index (χ0) is 20.4. The van der Waals surface area contributed by atoms with Gasteiger partial charge in [-0.1, -0.05) is 6.07 Å². The summed E-state index contributed by atoms with van der Waals surface area (Å²) in [7, 11) is 0. The number of nitrogens with zero attached hydrogens (tertiary/aromatic N) is 3. The molecule has 1 heterocycles. The number of alkyl halides is 3. The van der Waals surface area contributed by atoms with Crippen molar-refractivity contribution < 1.29 is 22.9 Å². The third kappa shape index (κ3) is 4.53. The lowest BCUT2D eigenvalue weighted by Gasteiger charge is -2.13. The summed E-state index contributed by atoms with van der Waals surface area (Å²) in [6.07, 6.45) is -4.73. The van der Waals surface area contributed by atoms with Gasteiger partial charge in [0.15, 0.2) is 0 Å². The fraction of sp³-hybridized carbons (Fsp3) is 0.188. The Hall–Kier alpha value is -3.13. The Morgan fingerprint density at radius 2 is 2.07 bits per heavy atom. The van der Waals surface area contributed by atoms with Gasteiger partial charge in [0.05, 0.1) is 16.1 Å². The Morgan fingerprint density at radius 1 is 1.41 bits per heavy atom. The number of carbonyl (C=O) groups is 1. The van der Waals surface area contributed by atoms with Crippen LogP contribution in [0.4, 0.5) is 18.9 Å². The lowest BCUT2D eigenvalue weighted by molar-refractivity contribution is -0.385. The minimum Gasteiger partial charge on any atom is -0.366 e. The lowest BCUT2D eigenvalue weighted by atomic mass is 10.1. The van der Waals surface area contributed by atoms with Crippen molar-refractivity contribution in [2.24, 2.45) is 5.73 Å². The van der Waals surface area contributed by atoms with E-state index in [4.69, 9.17) is 11.0 Å². The molecular weight excluding hydrogens is 385 g/mol. The number of thioether (sulfide) groups is 1. The zero-order valence-corrected chi connectivity index (χ0v) is 14.5. The second kappa shape index (κ2) is 7.63. The van der Waals surface area contributed by atoms with Crippen molar-refractivity contribution in [3.05, 3.63) is 62.3 Å². The third-order valence-electron chi connectivity index (χ3n) is 3.46. The van der Waals surface area contributed by atoms with Crippen molar-refractivity contribution in [1.82, 2.24) is 4.98 Å². The number of nitro groups is 1. The Morgan fingerprint density at radius 3 is 2.59 bits per heavy atom. The molecule has 0 saturated carbocycles.